The maximum absolute atomic E-state index is 11.1. The van der Waals surface area contributed by atoms with Gasteiger partial charge in [-0.2, -0.15) is 0 Å². The molecule has 0 radical (unpaired) electrons. The highest BCUT2D eigenvalue weighted by atomic mass is 35.5. The molecule has 1 unspecified atom stereocenters. The van der Waals surface area contributed by atoms with E-state index in [9.17, 15) is 4.79 Å². The number of nitrogens with zero attached hydrogens (tertiary/aromatic N) is 2. The van der Waals surface area contributed by atoms with Gasteiger partial charge in [-0.1, -0.05) is 12.1 Å². The fourth-order valence-corrected chi connectivity index (χ4v) is 2.98. The van der Waals surface area contributed by atoms with Crippen LogP contribution in [0.4, 0.5) is 5.69 Å². The van der Waals surface area contributed by atoms with Crippen molar-refractivity contribution in [3.05, 3.63) is 59.9 Å². The Morgan fingerprint density at radius 3 is 2.62 bits per heavy atom. The number of hydrogen-bond donors (Lipinski definition) is 2. The van der Waals surface area contributed by atoms with Gasteiger partial charge >= 0.3 is 0 Å². The number of benzene rings is 1. The van der Waals surface area contributed by atoms with Gasteiger partial charge in [0.2, 0.25) is 5.91 Å². The van der Waals surface area contributed by atoms with Gasteiger partial charge in [-0.05, 0) is 35.4 Å². The minimum absolute atomic E-state index is 0. The fraction of sp³-hybridized carbons (Fsp3) is 0.333. The average molecular weight is 347 g/mol. The third-order valence-electron chi connectivity index (χ3n) is 4.11. The van der Waals surface area contributed by atoms with Gasteiger partial charge in [0.15, 0.2) is 0 Å². The first-order chi connectivity index (χ1) is 11.2. The summed E-state index contributed by atoms with van der Waals surface area (Å²) in [6.07, 6.45) is 3.70. The Bertz CT molecular complexity index is 648. The SMILES string of the molecule is CC(=O)Nc1ccc(CN2CCNCC2c2ccncc2)cc1.Cl. The summed E-state index contributed by atoms with van der Waals surface area (Å²) in [7, 11) is 0. The van der Waals surface area contributed by atoms with Crippen LogP contribution < -0.4 is 10.6 Å². The van der Waals surface area contributed by atoms with Crippen LogP contribution in [-0.2, 0) is 11.3 Å². The maximum Gasteiger partial charge on any atom is 0.221 e. The van der Waals surface area contributed by atoms with Crippen LogP contribution in [0, 0.1) is 0 Å². The van der Waals surface area contributed by atoms with Crippen molar-refractivity contribution >= 4 is 24.0 Å². The van der Waals surface area contributed by atoms with Gasteiger partial charge in [0.1, 0.15) is 0 Å². The molecule has 1 amide bonds. The highest BCUT2D eigenvalue weighted by Gasteiger charge is 2.23. The van der Waals surface area contributed by atoms with Crippen molar-refractivity contribution in [3.63, 3.8) is 0 Å². The molecule has 1 aromatic carbocycles. The summed E-state index contributed by atoms with van der Waals surface area (Å²) >= 11 is 0. The van der Waals surface area contributed by atoms with E-state index in [-0.39, 0.29) is 18.3 Å². The third-order valence-corrected chi connectivity index (χ3v) is 4.11. The number of anilines is 1. The molecule has 24 heavy (non-hydrogen) atoms. The Labute approximate surface area is 148 Å². The third kappa shape index (κ3) is 4.77. The molecule has 2 heterocycles. The molecule has 1 aromatic heterocycles. The summed E-state index contributed by atoms with van der Waals surface area (Å²) in [6, 6.07) is 12.6. The normalized spacial score (nSPS) is 17.8. The predicted molar refractivity (Wildman–Crippen MR) is 98.3 cm³/mol. The molecule has 2 aromatic rings. The van der Waals surface area contributed by atoms with Gasteiger partial charge in [-0.3, -0.25) is 14.7 Å². The molecule has 1 aliphatic heterocycles. The molecule has 1 atom stereocenters. The van der Waals surface area contributed by atoms with Crippen molar-refractivity contribution in [3.8, 4) is 0 Å². The summed E-state index contributed by atoms with van der Waals surface area (Å²) in [5.74, 6) is -0.0439. The molecule has 0 aliphatic carbocycles. The van der Waals surface area contributed by atoms with Crippen LogP contribution in [0.5, 0.6) is 0 Å². The molecule has 2 N–H and O–H groups in total. The number of amides is 1. The van der Waals surface area contributed by atoms with E-state index in [2.05, 4.69) is 44.8 Å². The van der Waals surface area contributed by atoms with Gasteiger partial charge in [0.25, 0.3) is 0 Å². The number of piperazine rings is 1. The minimum atomic E-state index is -0.0439. The smallest absolute Gasteiger partial charge is 0.221 e. The van der Waals surface area contributed by atoms with Crippen molar-refractivity contribution in [2.24, 2.45) is 0 Å². The van der Waals surface area contributed by atoms with Crippen LogP contribution in [0.15, 0.2) is 48.8 Å². The zero-order valence-corrected chi connectivity index (χ0v) is 14.6. The zero-order valence-electron chi connectivity index (χ0n) is 13.7. The fourth-order valence-electron chi connectivity index (χ4n) is 2.98. The van der Waals surface area contributed by atoms with E-state index >= 15 is 0 Å². The molecule has 0 spiro atoms. The van der Waals surface area contributed by atoms with Gasteiger partial charge < -0.3 is 10.6 Å². The van der Waals surface area contributed by atoms with Crippen LogP contribution in [0.3, 0.4) is 0 Å². The highest BCUT2D eigenvalue weighted by molar-refractivity contribution is 5.88. The first-order valence-corrected chi connectivity index (χ1v) is 7.93. The zero-order chi connectivity index (χ0) is 16.1. The molecule has 5 nitrogen and oxygen atoms in total. The quantitative estimate of drug-likeness (QED) is 0.893. The van der Waals surface area contributed by atoms with Crippen LogP contribution >= 0.6 is 12.4 Å². The summed E-state index contributed by atoms with van der Waals surface area (Å²) in [5, 5.41) is 6.27. The number of hydrogen-bond acceptors (Lipinski definition) is 4. The van der Waals surface area contributed by atoms with Gasteiger partial charge in [0.05, 0.1) is 0 Å². The van der Waals surface area contributed by atoms with E-state index < -0.39 is 0 Å². The Morgan fingerprint density at radius 2 is 1.96 bits per heavy atom. The van der Waals surface area contributed by atoms with Crippen LogP contribution in [0.1, 0.15) is 24.1 Å². The van der Waals surface area contributed by atoms with E-state index in [0.717, 1.165) is 31.9 Å². The number of aromatic nitrogens is 1. The number of rotatable bonds is 4. The first-order valence-electron chi connectivity index (χ1n) is 7.93. The lowest BCUT2D eigenvalue weighted by Crippen LogP contribution is -2.45. The summed E-state index contributed by atoms with van der Waals surface area (Å²) in [6.45, 7) is 5.39. The first kappa shape index (κ1) is 18.4. The number of pyridine rings is 1. The summed E-state index contributed by atoms with van der Waals surface area (Å²) < 4.78 is 0. The van der Waals surface area contributed by atoms with E-state index in [1.54, 1.807) is 0 Å². The molecule has 128 valence electrons. The largest absolute Gasteiger partial charge is 0.326 e. The van der Waals surface area contributed by atoms with Crippen LogP contribution in [0.25, 0.3) is 0 Å². The van der Waals surface area contributed by atoms with Crippen molar-refractivity contribution in [1.82, 2.24) is 15.2 Å². The Hall–Kier alpha value is -1.95. The molecule has 1 saturated heterocycles. The van der Waals surface area contributed by atoms with E-state index in [4.69, 9.17) is 0 Å². The molecular formula is C18H23ClN4O. The minimum Gasteiger partial charge on any atom is -0.326 e. The highest BCUT2D eigenvalue weighted by Crippen LogP contribution is 2.24. The van der Waals surface area contributed by atoms with E-state index in [1.165, 1.54) is 18.1 Å². The van der Waals surface area contributed by atoms with Crippen molar-refractivity contribution in [1.29, 1.82) is 0 Å². The lowest BCUT2D eigenvalue weighted by atomic mass is 10.0. The van der Waals surface area contributed by atoms with Gasteiger partial charge in [-0.15, -0.1) is 12.4 Å². The second kappa shape index (κ2) is 8.78. The number of carbonyl (C=O) groups is 1. The average Bonchev–Trinajstić information content (AvgIpc) is 2.57. The topological polar surface area (TPSA) is 57.3 Å². The maximum atomic E-state index is 11.1. The molecule has 6 heteroatoms. The summed E-state index contributed by atoms with van der Waals surface area (Å²) in [4.78, 5) is 17.7. The molecule has 1 fully saturated rings. The number of halogens is 1. The molecule has 0 saturated carbocycles. The summed E-state index contributed by atoms with van der Waals surface area (Å²) in [5.41, 5.74) is 3.38. The van der Waals surface area contributed by atoms with Gasteiger partial charge in [0, 0.05) is 57.2 Å². The molecule has 0 bridgehead atoms. The van der Waals surface area contributed by atoms with Crippen molar-refractivity contribution < 1.29 is 4.79 Å². The Kier molecular flexibility index (Phi) is 6.73. The number of nitrogens with one attached hydrogen (secondary N) is 2. The van der Waals surface area contributed by atoms with E-state index in [1.807, 2.05) is 24.5 Å². The molecule has 3 rings (SSSR count). The van der Waals surface area contributed by atoms with Crippen molar-refractivity contribution in [2.75, 3.05) is 25.0 Å². The monoisotopic (exact) mass is 346 g/mol. The lowest BCUT2D eigenvalue weighted by molar-refractivity contribution is -0.114. The van der Waals surface area contributed by atoms with Crippen LogP contribution in [0.2, 0.25) is 0 Å². The predicted octanol–water partition coefficient (Wildman–Crippen LogP) is 2.61. The standard InChI is InChI=1S/C18H22N4O.ClH/c1-14(23)21-17-4-2-15(3-5-17)13-22-11-10-20-12-18(22)16-6-8-19-9-7-16;/h2-9,18,20H,10-13H2,1H3,(H,21,23);1H. The number of carbonyl (C=O) groups excluding carboxylic acids is 1. The van der Waals surface area contributed by atoms with Crippen LogP contribution in [-0.4, -0.2) is 35.4 Å². The Morgan fingerprint density at radius 1 is 1.25 bits per heavy atom. The van der Waals surface area contributed by atoms with Crippen molar-refractivity contribution in [2.45, 2.75) is 19.5 Å². The Balaban J connectivity index is 0.00000208. The second-order valence-corrected chi connectivity index (χ2v) is 5.85. The van der Waals surface area contributed by atoms with E-state index in [0.29, 0.717) is 6.04 Å². The molecular weight excluding hydrogens is 324 g/mol. The second-order valence-electron chi connectivity index (χ2n) is 5.85. The lowest BCUT2D eigenvalue weighted by Gasteiger charge is -2.36. The molecule has 1 aliphatic rings. The van der Waals surface area contributed by atoms with Gasteiger partial charge in [-0.25, -0.2) is 0 Å².